The van der Waals surface area contributed by atoms with E-state index in [0.29, 0.717) is 21.3 Å². The van der Waals surface area contributed by atoms with Gasteiger partial charge in [-0.25, -0.2) is 5.06 Å². The second-order valence-electron chi connectivity index (χ2n) is 5.53. The summed E-state index contributed by atoms with van der Waals surface area (Å²) in [5, 5.41) is 20.8. The number of methoxy groups -OCH3 is 1. The third-order valence-corrected chi connectivity index (χ3v) is 4.29. The molecular weight excluding hydrogens is 390 g/mol. The smallest absolute Gasteiger partial charge is 0.313 e. The Morgan fingerprint density at radius 1 is 1.16 bits per heavy atom. The molecule has 7 heteroatoms. The van der Waals surface area contributed by atoms with E-state index in [9.17, 15) is 19.9 Å². The lowest BCUT2D eigenvalue weighted by molar-refractivity contribution is -0.166. The van der Waals surface area contributed by atoms with Crippen molar-refractivity contribution >= 4 is 27.6 Å². The number of likely N-dealkylation sites (N-methyl/N-ethyl adjacent to an activating group) is 1. The van der Waals surface area contributed by atoms with Crippen LogP contribution in [0, 0.1) is 0 Å². The van der Waals surface area contributed by atoms with Crippen molar-refractivity contribution in [3.63, 3.8) is 0 Å². The molecule has 25 heavy (non-hydrogen) atoms. The molecule has 2 aromatic carbocycles. The number of aliphatic hydroxyl groups is 1. The van der Waals surface area contributed by atoms with Gasteiger partial charge < -0.3 is 9.84 Å². The molecule has 132 valence electrons. The minimum Gasteiger partial charge on any atom is -0.497 e. The molecule has 0 aromatic heterocycles. The van der Waals surface area contributed by atoms with Crippen molar-refractivity contribution in [3.05, 3.63) is 64.1 Å². The van der Waals surface area contributed by atoms with E-state index < -0.39 is 23.7 Å². The number of halogens is 1. The summed E-state index contributed by atoms with van der Waals surface area (Å²) >= 11 is 3.34. The average Bonchev–Trinajstić information content (AvgIpc) is 2.60. The van der Waals surface area contributed by atoms with Gasteiger partial charge in [-0.3, -0.25) is 14.8 Å². The molecule has 2 aromatic rings. The van der Waals surface area contributed by atoms with Crippen LogP contribution in [0.4, 0.5) is 0 Å². The molecule has 0 fully saturated rings. The summed E-state index contributed by atoms with van der Waals surface area (Å²) in [6, 6.07) is 13.5. The second kappa shape index (κ2) is 7.77. The van der Waals surface area contributed by atoms with Gasteiger partial charge in [0, 0.05) is 11.5 Å². The lowest BCUT2D eigenvalue weighted by Gasteiger charge is -2.29. The van der Waals surface area contributed by atoms with E-state index >= 15 is 0 Å². The number of carbonyl (C=O) groups excluding carboxylic acids is 2. The maximum atomic E-state index is 12.2. The van der Waals surface area contributed by atoms with Crippen molar-refractivity contribution < 1.29 is 24.6 Å². The Bertz CT molecular complexity index is 793. The zero-order valence-electron chi connectivity index (χ0n) is 13.8. The predicted molar refractivity (Wildman–Crippen MR) is 94.3 cm³/mol. The predicted octanol–water partition coefficient (Wildman–Crippen LogP) is 2.50. The first kappa shape index (κ1) is 19.1. The van der Waals surface area contributed by atoms with Crippen molar-refractivity contribution in [2.75, 3.05) is 14.2 Å². The molecule has 0 aliphatic rings. The third kappa shape index (κ3) is 4.25. The van der Waals surface area contributed by atoms with Gasteiger partial charge in [-0.15, -0.1) is 0 Å². The summed E-state index contributed by atoms with van der Waals surface area (Å²) in [6.45, 7) is 0. The monoisotopic (exact) mass is 407 g/mol. The van der Waals surface area contributed by atoms with Crippen LogP contribution in [0.1, 0.15) is 17.5 Å². The van der Waals surface area contributed by atoms with Gasteiger partial charge in [0.15, 0.2) is 0 Å². The molecule has 1 atom stereocenters. The lowest BCUT2D eigenvalue weighted by atomic mass is 9.82. The number of ketones is 1. The van der Waals surface area contributed by atoms with Crippen molar-refractivity contribution in [2.45, 2.75) is 12.0 Å². The Balaban J connectivity index is 2.54. The Labute approximate surface area is 153 Å². The minimum absolute atomic E-state index is 0.204. The van der Waals surface area contributed by atoms with Crippen molar-refractivity contribution in [1.29, 1.82) is 0 Å². The minimum atomic E-state index is -1.76. The zero-order chi connectivity index (χ0) is 18.6. The molecule has 6 nitrogen and oxygen atoms in total. The van der Waals surface area contributed by atoms with E-state index in [1.54, 1.807) is 48.5 Å². The molecular formula is C18H18BrNO5. The molecule has 0 saturated carbocycles. The van der Waals surface area contributed by atoms with Crippen LogP contribution in [-0.4, -0.2) is 41.2 Å². The van der Waals surface area contributed by atoms with E-state index in [4.69, 9.17) is 4.74 Å². The first-order valence-corrected chi connectivity index (χ1v) is 8.20. The van der Waals surface area contributed by atoms with Gasteiger partial charge in [0.2, 0.25) is 5.78 Å². The van der Waals surface area contributed by atoms with Crippen LogP contribution in [0.3, 0.4) is 0 Å². The second-order valence-corrected chi connectivity index (χ2v) is 6.45. The van der Waals surface area contributed by atoms with Gasteiger partial charge in [-0.1, -0.05) is 40.2 Å². The molecule has 0 aliphatic carbocycles. The normalized spacial score (nSPS) is 13.0. The van der Waals surface area contributed by atoms with Crippen LogP contribution < -0.4 is 4.74 Å². The number of benzene rings is 2. The summed E-state index contributed by atoms with van der Waals surface area (Å²) in [7, 11) is 2.55. The van der Waals surface area contributed by atoms with Gasteiger partial charge in [-0.2, -0.15) is 0 Å². The average molecular weight is 408 g/mol. The summed E-state index contributed by atoms with van der Waals surface area (Å²) in [5.41, 5.74) is -0.940. The van der Waals surface area contributed by atoms with E-state index in [1.165, 1.54) is 7.11 Å². The van der Waals surface area contributed by atoms with E-state index in [0.717, 1.165) is 7.05 Å². The summed E-state index contributed by atoms with van der Waals surface area (Å²) in [5.74, 6) is -1.52. The molecule has 0 aliphatic heterocycles. The SMILES string of the molecule is COc1cccc(C(O)(CC(=O)C(=O)N(C)O)c2cccc(Br)c2)c1. The lowest BCUT2D eigenvalue weighted by Crippen LogP contribution is -2.37. The van der Waals surface area contributed by atoms with E-state index in [-0.39, 0.29) is 5.06 Å². The van der Waals surface area contributed by atoms with Gasteiger partial charge in [-0.05, 0) is 35.4 Å². The number of ether oxygens (including phenoxy) is 1. The number of hydrogen-bond acceptors (Lipinski definition) is 5. The molecule has 0 bridgehead atoms. The molecule has 1 unspecified atom stereocenters. The number of hydrogen-bond donors (Lipinski definition) is 2. The number of Topliss-reactive ketones (excluding diaryl/α,β-unsaturated/α-hetero) is 1. The molecule has 2 rings (SSSR count). The summed E-state index contributed by atoms with van der Waals surface area (Å²) in [6.07, 6.45) is -0.527. The highest BCUT2D eigenvalue weighted by molar-refractivity contribution is 9.10. The third-order valence-electron chi connectivity index (χ3n) is 3.80. The number of carbonyl (C=O) groups is 2. The molecule has 1 amide bonds. The molecule has 0 saturated heterocycles. The summed E-state index contributed by atoms with van der Waals surface area (Å²) < 4.78 is 5.89. The quantitative estimate of drug-likeness (QED) is 0.436. The van der Waals surface area contributed by atoms with Crippen LogP contribution in [0.5, 0.6) is 5.75 Å². The van der Waals surface area contributed by atoms with Crippen LogP contribution in [0.25, 0.3) is 0 Å². The zero-order valence-corrected chi connectivity index (χ0v) is 15.4. The van der Waals surface area contributed by atoms with E-state index in [2.05, 4.69) is 15.9 Å². The fourth-order valence-electron chi connectivity index (χ4n) is 2.49. The summed E-state index contributed by atoms with van der Waals surface area (Å²) in [4.78, 5) is 24.0. The fraction of sp³-hybridized carbons (Fsp3) is 0.222. The highest BCUT2D eigenvalue weighted by atomic mass is 79.9. The molecule has 2 N–H and O–H groups in total. The van der Waals surface area contributed by atoms with Crippen molar-refractivity contribution in [3.8, 4) is 5.75 Å². The molecule has 0 heterocycles. The van der Waals surface area contributed by atoms with Crippen LogP contribution in [-0.2, 0) is 15.2 Å². The largest absolute Gasteiger partial charge is 0.497 e. The standard InChI is InChI=1S/C18H18BrNO5/c1-20(24)17(22)16(21)11-18(23,12-5-3-7-14(19)9-12)13-6-4-8-15(10-13)25-2/h3-10,23-24H,11H2,1-2H3. The highest BCUT2D eigenvalue weighted by Crippen LogP contribution is 2.36. The Morgan fingerprint density at radius 2 is 1.76 bits per heavy atom. The van der Waals surface area contributed by atoms with Gasteiger partial charge in [0.1, 0.15) is 11.4 Å². The Morgan fingerprint density at radius 3 is 2.32 bits per heavy atom. The number of hydroxylamine groups is 2. The van der Waals surface area contributed by atoms with Crippen molar-refractivity contribution in [1.82, 2.24) is 5.06 Å². The van der Waals surface area contributed by atoms with E-state index in [1.807, 2.05) is 0 Å². The highest BCUT2D eigenvalue weighted by Gasteiger charge is 2.37. The molecule has 0 radical (unpaired) electrons. The Hall–Kier alpha value is -2.22. The Kier molecular flexibility index (Phi) is 5.94. The van der Waals surface area contributed by atoms with Crippen molar-refractivity contribution in [2.24, 2.45) is 0 Å². The first-order chi connectivity index (χ1) is 11.8. The van der Waals surface area contributed by atoms with Crippen LogP contribution in [0.15, 0.2) is 53.0 Å². The van der Waals surface area contributed by atoms with Gasteiger partial charge >= 0.3 is 5.91 Å². The van der Waals surface area contributed by atoms with Crippen LogP contribution in [0.2, 0.25) is 0 Å². The molecule has 0 spiro atoms. The van der Waals surface area contributed by atoms with Crippen LogP contribution >= 0.6 is 15.9 Å². The van der Waals surface area contributed by atoms with Gasteiger partial charge in [0.05, 0.1) is 13.5 Å². The maximum absolute atomic E-state index is 12.2. The first-order valence-electron chi connectivity index (χ1n) is 7.40. The topological polar surface area (TPSA) is 87.1 Å². The number of amides is 1. The fourth-order valence-corrected chi connectivity index (χ4v) is 2.88. The van der Waals surface area contributed by atoms with Gasteiger partial charge in [0.25, 0.3) is 0 Å². The maximum Gasteiger partial charge on any atom is 0.313 e. The number of rotatable bonds is 6. The number of nitrogens with zero attached hydrogens (tertiary/aromatic N) is 1.